The monoisotopic (exact) mass is 448 g/mol. The number of anilines is 1. The Labute approximate surface area is 178 Å². The number of halogens is 1. The Hall–Kier alpha value is -2.92. The van der Waals surface area contributed by atoms with E-state index in [9.17, 15) is 9.59 Å². The van der Waals surface area contributed by atoms with Crippen molar-refractivity contribution in [1.29, 1.82) is 0 Å². The summed E-state index contributed by atoms with van der Waals surface area (Å²) in [6, 6.07) is 20.9. The smallest absolute Gasteiger partial charge is 0.255 e. The Kier molecular flexibility index (Phi) is 5.24. The fourth-order valence-corrected chi connectivity index (χ4v) is 4.08. The standard InChI is InChI=1S/C24H21BrN2O2/c1-15-8-9-18(12-16(15)2)24(29)27-14-22(28)26-21-11-10-19(25)13-20(21)23(27)17-6-4-3-5-7-17/h3-13,23H,14H2,1-2H3,(H,26,28)/t23-/m0/s1. The first-order valence-electron chi connectivity index (χ1n) is 9.46. The van der Waals surface area contributed by atoms with E-state index in [0.29, 0.717) is 5.56 Å². The zero-order valence-electron chi connectivity index (χ0n) is 16.3. The van der Waals surface area contributed by atoms with Crippen LogP contribution in [0.2, 0.25) is 0 Å². The van der Waals surface area contributed by atoms with Crippen molar-refractivity contribution in [1.82, 2.24) is 4.90 Å². The summed E-state index contributed by atoms with van der Waals surface area (Å²) in [5.74, 6) is -0.367. The van der Waals surface area contributed by atoms with Crippen LogP contribution in [-0.4, -0.2) is 23.3 Å². The van der Waals surface area contributed by atoms with Crippen molar-refractivity contribution in [3.63, 3.8) is 0 Å². The highest BCUT2D eigenvalue weighted by molar-refractivity contribution is 9.10. The molecule has 1 atom stereocenters. The molecule has 0 radical (unpaired) electrons. The summed E-state index contributed by atoms with van der Waals surface area (Å²) in [4.78, 5) is 27.9. The maximum absolute atomic E-state index is 13.6. The summed E-state index contributed by atoms with van der Waals surface area (Å²) in [6.45, 7) is 3.99. The SMILES string of the molecule is Cc1ccc(C(=O)N2CC(=O)Nc3ccc(Br)cc3[C@@H]2c2ccccc2)cc1C. The van der Waals surface area contributed by atoms with Gasteiger partial charge in [0.25, 0.3) is 5.91 Å². The van der Waals surface area contributed by atoms with Crippen molar-refractivity contribution in [3.05, 3.63) is 99.0 Å². The number of hydrogen-bond acceptors (Lipinski definition) is 2. The lowest BCUT2D eigenvalue weighted by Gasteiger charge is -2.31. The minimum Gasteiger partial charge on any atom is -0.324 e. The summed E-state index contributed by atoms with van der Waals surface area (Å²) in [5.41, 5.74) is 5.33. The summed E-state index contributed by atoms with van der Waals surface area (Å²) >= 11 is 3.53. The molecular formula is C24H21BrN2O2. The maximum atomic E-state index is 13.6. The molecular weight excluding hydrogens is 428 g/mol. The number of amides is 2. The molecule has 1 heterocycles. The van der Waals surface area contributed by atoms with Gasteiger partial charge >= 0.3 is 0 Å². The van der Waals surface area contributed by atoms with Crippen LogP contribution >= 0.6 is 15.9 Å². The van der Waals surface area contributed by atoms with Gasteiger partial charge in [0.1, 0.15) is 6.54 Å². The van der Waals surface area contributed by atoms with Crippen LogP contribution in [0.1, 0.15) is 38.7 Å². The van der Waals surface area contributed by atoms with Gasteiger partial charge in [0, 0.05) is 21.3 Å². The second-order valence-electron chi connectivity index (χ2n) is 7.33. The van der Waals surface area contributed by atoms with Crippen LogP contribution in [-0.2, 0) is 4.79 Å². The van der Waals surface area contributed by atoms with Gasteiger partial charge in [0.05, 0.1) is 6.04 Å². The Morgan fingerprint density at radius 1 is 1.00 bits per heavy atom. The van der Waals surface area contributed by atoms with Crippen LogP contribution in [0.5, 0.6) is 0 Å². The Balaban J connectivity index is 1.88. The molecule has 2 amide bonds. The van der Waals surface area contributed by atoms with Crippen molar-refractivity contribution in [2.24, 2.45) is 0 Å². The van der Waals surface area contributed by atoms with E-state index in [1.807, 2.05) is 80.6 Å². The van der Waals surface area contributed by atoms with Crippen molar-refractivity contribution in [3.8, 4) is 0 Å². The Morgan fingerprint density at radius 2 is 1.76 bits per heavy atom. The van der Waals surface area contributed by atoms with Crippen LogP contribution in [0.25, 0.3) is 0 Å². The number of carbonyl (C=O) groups is 2. The van der Waals surface area contributed by atoms with E-state index in [4.69, 9.17) is 0 Å². The lowest BCUT2D eigenvalue weighted by Crippen LogP contribution is -2.39. The molecule has 5 heteroatoms. The molecule has 3 aromatic rings. The molecule has 29 heavy (non-hydrogen) atoms. The van der Waals surface area contributed by atoms with Gasteiger partial charge in [0.15, 0.2) is 0 Å². The molecule has 0 fully saturated rings. The molecule has 0 bridgehead atoms. The molecule has 146 valence electrons. The van der Waals surface area contributed by atoms with Crippen LogP contribution in [0, 0.1) is 13.8 Å². The highest BCUT2D eigenvalue weighted by atomic mass is 79.9. The van der Waals surface area contributed by atoms with E-state index in [1.54, 1.807) is 4.90 Å². The van der Waals surface area contributed by atoms with Crippen molar-refractivity contribution < 1.29 is 9.59 Å². The third-order valence-electron chi connectivity index (χ3n) is 5.34. The highest BCUT2D eigenvalue weighted by Crippen LogP contribution is 2.38. The van der Waals surface area contributed by atoms with E-state index in [2.05, 4.69) is 21.2 Å². The van der Waals surface area contributed by atoms with Gasteiger partial charge in [-0.1, -0.05) is 52.3 Å². The summed E-state index contributed by atoms with van der Waals surface area (Å²) < 4.78 is 0.895. The van der Waals surface area contributed by atoms with Crippen LogP contribution < -0.4 is 5.32 Å². The van der Waals surface area contributed by atoms with E-state index in [-0.39, 0.29) is 24.4 Å². The molecule has 0 unspecified atom stereocenters. The minimum absolute atomic E-state index is 0.0163. The molecule has 0 spiro atoms. The zero-order chi connectivity index (χ0) is 20.5. The molecule has 1 aliphatic heterocycles. The van der Waals surface area contributed by atoms with Gasteiger partial charge < -0.3 is 10.2 Å². The molecule has 0 aromatic heterocycles. The Morgan fingerprint density at radius 3 is 2.48 bits per heavy atom. The second-order valence-corrected chi connectivity index (χ2v) is 8.24. The Bertz CT molecular complexity index is 1100. The number of benzene rings is 3. The van der Waals surface area contributed by atoms with Gasteiger partial charge in [-0.15, -0.1) is 0 Å². The number of nitrogens with one attached hydrogen (secondary N) is 1. The average molecular weight is 449 g/mol. The van der Waals surface area contributed by atoms with Gasteiger partial charge in [-0.05, 0) is 60.9 Å². The fourth-order valence-electron chi connectivity index (χ4n) is 3.70. The first-order chi connectivity index (χ1) is 13.9. The number of aryl methyl sites for hydroxylation is 2. The highest BCUT2D eigenvalue weighted by Gasteiger charge is 2.34. The van der Waals surface area contributed by atoms with Gasteiger partial charge in [-0.25, -0.2) is 0 Å². The van der Waals surface area contributed by atoms with Gasteiger partial charge in [0.2, 0.25) is 5.91 Å². The predicted octanol–water partition coefficient (Wildman–Crippen LogP) is 5.25. The first kappa shape index (κ1) is 19.4. The van der Waals surface area contributed by atoms with E-state index in [1.165, 1.54) is 0 Å². The third kappa shape index (κ3) is 3.83. The van der Waals surface area contributed by atoms with Gasteiger partial charge in [-0.3, -0.25) is 9.59 Å². The zero-order valence-corrected chi connectivity index (χ0v) is 17.9. The van der Waals surface area contributed by atoms with Crippen molar-refractivity contribution >= 4 is 33.4 Å². The average Bonchev–Trinajstić information content (AvgIpc) is 2.85. The molecule has 0 saturated heterocycles. The van der Waals surface area contributed by atoms with Gasteiger partial charge in [-0.2, -0.15) is 0 Å². The maximum Gasteiger partial charge on any atom is 0.255 e. The van der Waals surface area contributed by atoms with Crippen LogP contribution in [0.4, 0.5) is 5.69 Å². The molecule has 4 nitrogen and oxygen atoms in total. The lowest BCUT2D eigenvalue weighted by atomic mass is 9.95. The van der Waals surface area contributed by atoms with Crippen LogP contribution in [0.3, 0.4) is 0 Å². The molecule has 4 rings (SSSR count). The summed E-state index contributed by atoms with van der Waals surface area (Å²) in [7, 11) is 0. The van der Waals surface area contributed by atoms with Crippen LogP contribution in [0.15, 0.2) is 71.2 Å². The topological polar surface area (TPSA) is 49.4 Å². The number of hydrogen-bond donors (Lipinski definition) is 1. The number of nitrogens with zero attached hydrogens (tertiary/aromatic N) is 1. The van der Waals surface area contributed by atoms with E-state index in [0.717, 1.165) is 32.4 Å². The summed E-state index contributed by atoms with van der Waals surface area (Å²) in [5, 5.41) is 2.95. The number of rotatable bonds is 2. The molecule has 3 aromatic carbocycles. The van der Waals surface area contributed by atoms with Crippen molar-refractivity contribution in [2.75, 3.05) is 11.9 Å². The minimum atomic E-state index is -0.378. The molecule has 1 N–H and O–H groups in total. The number of carbonyl (C=O) groups excluding carboxylic acids is 2. The van der Waals surface area contributed by atoms with E-state index >= 15 is 0 Å². The molecule has 0 aliphatic carbocycles. The summed E-state index contributed by atoms with van der Waals surface area (Å²) in [6.07, 6.45) is 0. The van der Waals surface area contributed by atoms with Crippen molar-refractivity contribution in [2.45, 2.75) is 19.9 Å². The quantitative estimate of drug-likeness (QED) is 0.581. The predicted molar refractivity (Wildman–Crippen MR) is 118 cm³/mol. The van der Waals surface area contributed by atoms with E-state index < -0.39 is 0 Å². The third-order valence-corrected chi connectivity index (χ3v) is 5.83. The molecule has 1 aliphatic rings. The lowest BCUT2D eigenvalue weighted by molar-refractivity contribution is -0.117. The number of fused-ring (bicyclic) bond motifs is 1. The fraction of sp³-hybridized carbons (Fsp3) is 0.167. The normalized spacial score (nSPS) is 16.0. The first-order valence-corrected chi connectivity index (χ1v) is 10.3. The largest absolute Gasteiger partial charge is 0.324 e. The molecule has 0 saturated carbocycles. The second kappa shape index (κ2) is 7.84.